The number of hydrogen-bond acceptors (Lipinski definition) is 15. The van der Waals surface area contributed by atoms with Crippen LogP contribution in [0.1, 0.15) is 57.6 Å². The molecule has 2 saturated heterocycles. The zero-order chi connectivity index (χ0) is 33.7. The number of phenols is 1. The second kappa shape index (κ2) is 11.4. The van der Waals surface area contributed by atoms with Crippen LogP contribution in [-0.2, 0) is 35.0 Å². The molecule has 5 heterocycles. The molecule has 0 aliphatic carbocycles. The van der Waals surface area contributed by atoms with Crippen molar-refractivity contribution in [2.75, 3.05) is 39.6 Å². The number of hydrogen-bond donors (Lipinski definition) is 2. The van der Waals surface area contributed by atoms with E-state index < -0.39 is 63.8 Å². The number of esters is 2. The van der Waals surface area contributed by atoms with Gasteiger partial charge in [0.05, 0.1) is 36.7 Å². The maximum Gasteiger partial charge on any atom is 0.337 e. The Balaban J connectivity index is 1.52. The third-order valence-electron chi connectivity index (χ3n) is 9.74. The highest BCUT2D eigenvalue weighted by atomic mass is 32.2. The molecule has 2 aromatic carbocycles. The summed E-state index contributed by atoms with van der Waals surface area (Å²) in [6.45, 7) is 4.47. The Hall–Kier alpha value is -3.28. The predicted octanol–water partition coefficient (Wildman–Crippen LogP) is 2.00. The summed E-state index contributed by atoms with van der Waals surface area (Å²) in [4.78, 5) is 29.8. The molecule has 0 amide bonds. The Labute approximate surface area is 275 Å². The molecule has 4 bridgehead atoms. The van der Waals surface area contributed by atoms with E-state index in [9.17, 15) is 28.2 Å². The van der Waals surface area contributed by atoms with Gasteiger partial charge in [-0.2, -0.15) is 8.42 Å². The zero-order valence-electron chi connectivity index (χ0n) is 26.6. The highest BCUT2D eigenvalue weighted by Crippen LogP contribution is 2.63. The van der Waals surface area contributed by atoms with Gasteiger partial charge in [-0.1, -0.05) is 6.07 Å². The number of rotatable bonds is 4. The van der Waals surface area contributed by atoms with Crippen molar-refractivity contribution in [2.45, 2.75) is 68.9 Å². The largest absolute Gasteiger partial charge is 0.504 e. The molecule has 16 heteroatoms. The number of aromatic hydroxyl groups is 1. The molecule has 2 aromatic rings. The Kier molecular flexibility index (Phi) is 7.84. The van der Waals surface area contributed by atoms with Crippen LogP contribution in [0.15, 0.2) is 6.07 Å². The molecule has 2 fully saturated rings. The smallest absolute Gasteiger partial charge is 0.337 e. The second-order valence-corrected chi connectivity index (χ2v) is 15.3. The number of phenolic OH excluding ortho intramolecular Hbond substituents is 1. The summed E-state index contributed by atoms with van der Waals surface area (Å²) in [5, 5.41) is 23.3. The van der Waals surface area contributed by atoms with Crippen LogP contribution in [-0.4, -0.2) is 104 Å². The van der Waals surface area contributed by atoms with Crippen LogP contribution in [0.5, 0.6) is 28.7 Å². The predicted molar refractivity (Wildman–Crippen MR) is 166 cm³/mol. The first-order valence-electron chi connectivity index (χ1n) is 15.1. The zero-order valence-corrected chi connectivity index (χ0v) is 28.3. The van der Waals surface area contributed by atoms with E-state index in [4.69, 9.17) is 27.9 Å². The molecule has 7 rings (SSSR count). The third-order valence-corrected chi connectivity index (χ3v) is 11.7. The molecule has 0 spiro atoms. The number of nitrogens with zero attached hydrogens (tertiary/aromatic N) is 2. The summed E-state index contributed by atoms with van der Waals surface area (Å²) in [5.41, 5.74) is 3.87. The molecule has 47 heavy (non-hydrogen) atoms. The lowest BCUT2D eigenvalue weighted by molar-refractivity contribution is -0.186. The van der Waals surface area contributed by atoms with Crippen molar-refractivity contribution in [3.05, 3.63) is 39.4 Å². The van der Waals surface area contributed by atoms with Crippen LogP contribution in [0.3, 0.4) is 0 Å². The number of aliphatic hydroxyl groups excluding tert-OH is 1. The number of likely N-dealkylation sites (N-methyl/N-ethyl adjacent to an activating group) is 1. The number of carbonyl (C=O) groups excluding carboxylic acids is 2. The van der Waals surface area contributed by atoms with Gasteiger partial charge < -0.3 is 33.9 Å². The van der Waals surface area contributed by atoms with Crippen molar-refractivity contribution in [3.63, 3.8) is 0 Å². The molecule has 14 nitrogen and oxygen atoms in total. The molecule has 7 atom stereocenters. The molecule has 1 unspecified atom stereocenters. The quantitative estimate of drug-likeness (QED) is 0.271. The van der Waals surface area contributed by atoms with Crippen molar-refractivity contribution in [2.24, 2.45) is 0 Å². The molecule has 0 aromatic heterocycles. The second-order valence-electron chi connectivity index (χ2n) is 12.5. The SMILES string of the molecule is COc1c(C)cc2c(c1O)[C@@H]1C3[C@@H]4SC[C@H](OS(C)(=O)=O)C(=O)OC[C@H](c5c6c(c(C)c(OC(C)=O)c54)OCO6)N3[C@@H](O)[C@H](C2)N1C. The van der Waals surface area contributed by atoms with Crippen molar-refractivity contribution in [1.29, 1.82) is 0 Å². The van der Waals surface area contributed by atoms with Crippen LogP contribution >= 0.6 is 11.8 Å². The lowest BCUT2D eigenvalue weighted by Gasteiger charge is -2.62. The van der Waals surface area contributed by atoms with E-state index in [1.54, 1.807) is 6.92 Å². The average Bonchev–Trinajstić information content (AvgIpc) is 3.48. The van der Waals surface area contributed by atoms with Gasteiger partial charge in [-0.05, 0) is 38.4 Å². The average molecular weight is 693 g/mol. The third kappa shape index (κ3) is 4.94. The summed E-state index contributed by atoms with van der Waals surface area (Å²) >= 11 is 1.21. The van der Waals surface area contributed by atoms with Gasteiger partial charge in [0.25, 0.3) is 10.1 Å². The van der Waals surface area contributed by atoms with Crippen molar-refractivity contribution in [3.8, 4) is 28.7 Å². The molecule has 2 N–H and O–H groups in total. The molecular formula is C31H36N2O12S2. The lowest BCUT2D eigenvalue weighted by atomic mass is 9.73. The van der Waals surface area contributed by atoms with E-state index in [0.717, 1.165) is 17.4 Å². The fourth-order valence-corrected chi connectivity index (χ4v) is 10.2. The first kappa shape index (κ1) is 32.3. The van der Waals surface area contributed by atoms with E-state index in [1.165, 1.54) is 25.8 Å². The Morgan fingerprint density at radius 1 is 1.11 bits per heavy atom. The maximum atomic E-state index is 13.3. The highest BCUT2D eigenvalue weighted by Gasteiger charge is 2.60. The first-order valence-corrected chi connectivity index (χ1v) is 18.0. The monoisotopic (exact) mass is 692 g/mol. The number of benzene rings is 2. The normalized spacial score (nSPS) is 29.8. The summed E-state index contributed by atoms with van der Waals surface area (Å²) in [7, 11) is -0.679. The van der Waals surface area contributed by atoms with Crippen LogP contribution < -0.4 is 18.9 Å². The molecular weight excluding hydrogens is 656 g/mol. The summed E-state index contributed by atoms with van der Waals surface area (Å²) in [6.07, 6.45) is -1.28. The van der Waals surface area contributed by atoms with Crippen LogP contribution in [0.2, 0.25) is 0 Å². The Bertz CT molecular complexity index is 1800. The van der Waals surface area contributed by atoms with Crippen LogP contribution in [0, 0.1) is 13.8 Å². The molecule has 5 aliphatic heterocycles. The van der Waals surface area contributed by atoms with Crippen LogP contribution in [0.25, 0.3) is 0 Å². The molecule has 0 radical (unpaired) electrons. The number of methoxy groups -OCH3 is 1. The molecule has 0 saturated carbocycles. The van der Waals surface area contributed by atoms with Crippen molar-refractivity contribution < 1.29 is 56.1 Å². The van der Waals surface area contributed by atoms with E-state index in [-0.39, 0.29) is 30.7 Å². The Morgan fingerprint density at radius 2 is 1.83 bits per heavy atom. The topological polar surface area (TPSA) is 171 Å². The van der Waals surface area contributed by atoms with Gasteiger partial charge in [0.15, 0.2) is 29.1 Å². The summed E-state index contributed by atoms with van der Waals surface area (Å²) in [6, 6.07) is -0.504. The van der Waals surface area contributed by atoms with E-state index >= 15 is 0 Å². The highest BCUT2D eigenvalue weighted by molar-refractivity contribution is 7.99. The minimum atomic E-state index is -4.06. The van der Waals surface area contributed by atoms with E-state index in [0.29, 0.717) is 45.9 Å². The van der Waals surface area contributed by atoms with Gasteiger partial charge in [-0.15, -0.1) is 11.8 Å². The van der Waals surface area contributed by atoms with Gasteiger partial charge in [-0.25, -0.2) is 4.79 Å². The van der Waals surface area contributed by atoms with Crippen molar-refractivity contribution in [1.82, 2.24) is 9.80 Å². The minimum Gasteiger partial charge on any atom is -0.504 e. The number of aryl methyl sites for hydroxylation is 1. The first-order chi connectivity index (χ1) is 22.2. The van der Waals surface area contributed by atoms with Gasteiger partial charge in [0, 0.05) is 41.0 Å². The number of cyclic esters (lactones) is 1. The lowest BCUT2D eigenvalue weighted by Crippen LogP contribution is -2.69. The molecule has 254 valence electrons. The van der Waals surface area contributed by atoms with Gasteiger partial charge in [-0.3, -0.25) is 18.8 Å². The van der Waals surface area contributed by atoms with Crippen molar-refractivity contribution >= 4 is 33.8 Å². The molecule has 5 aliphatic rings. The van der Waals surface area contributed by atoms with Crippen LogP contribution in [0.4, 0.5) is 0 Å². The number of thioether (sulfide) groups is 1. The standard InChI is InChI=1S/C31H36N2O12S2/c1-12-7-15-8-16-30(36)33-17-9-41-31(37)18(45-47(6,38)39)10-46-29(23(33)22(32(16)4)19(15)24(35)25(12)40-5)21-20(17)28-27(42-11-43-28)13(2)26(21)44-14(3)34/h7,16-18,22-23,29-30,35-36H,8-11H2,1-6H3/t16-,17+,18-,22+,23?,29+,30-/m0/s1. The summed E-state index contributed by atoms with van der Waals surface area (Å²) < 4.78 is 58.8. The van der Waals surface area contributed by atoms with E-state index in [1.807, 2.05) is 29.8 Å². The van der Waals surface area contributed by atoms with Gasteiger partial charge >= 0.3 is 11.9 Å². The number of ether oxygens (including phenoxy) is 5. The number of piperazine rings is 1. The minimum absolute atomic E-state index is 0.0147. The maximum absolute atomic E-state index is 13.3. The van der Waals surface area contributed by atoms with Gasteiger partial charge in [0.1, 0.15) is 18.6 Å². The number of fused-ring (bicyclic) bond motifs is 9. The fourth-order valence-electron chi connectivity index (χ4n) is 8.04. The van der Waals surface area contributed by atoms with E-state index in [2.05, 4.69) is 0 Å². The number of carbonyl (C=O) groups is 2. The fraction of sp³-hybridized carbons (Fsp3) is 0.548. The summed E-state index contributed by atoms with van der Waals surface area (Å²) in [5.74, 6) is -0.282. The Morgan fingerprint density at radius 3 is 2.51 bits per heavy atom. The van der Waals surface area contributed by atoms with Gasteiger partial charge in [0.2, 0.25) is 6.79 Å². The number of aliphatic hydroxyl groups is 1.